The summed E-state index contributed by atoms with van der Waals surface area (Å²) in [6, 6.07) is -1.31. The van der Waals surface area contributed by atoms with Crippen LogP contribution in [0, 0.1) is 0 Å². The molecular weight excluding hydrogens is 350 g/mol. The molecule has 0 saturated carbocycles. The van der Waals surface area contributed by atoms with E-state index in [0.717, 1.165) is 6.33 Å². The Morgan fingerprint density at radius 2 is 2.08 bits per heavy atom. The van der Waals surface area contributed by atoms with E-state index in [9.17, 15) is 30.3 Å². The van der Waals surface area contributed by atoms with E-state index in [2.05, 4.69) is 20.3 Å². The standard InChI is InChI=1S/C14H19N5O7/c1-5(21)7(14(24)25)18-11-8-12(16-3-15-11)19(4-17-8)13-10(23)9(22)6(2-20)26-13/h3-7,9-10,13,20-23H,2H2,1H3,(H,24,25)(H,15,16,18)/t5?,6?,7-,9?,10?,13?/m1/s1. The number of aliphatic carboxylic acids is 1. The van der Waals surface area contributed by atoms with E-state index in [1.54, 1.807) is 0 Å². The molecule has 2 aromatic rings. The first-order chi connectivity index (χ1) is 12.3. The van der Waals surface area contributed by atoms with Crippen LogP contribution >= 0.6 is 0 Å². The molecule has 2 aromatic heterocycles. The van der Waals surface area contributed by atoms with Gasteiger partial charge in [-0.3, -0.25) is 4.57 Å². The van der Waals surface area contributed by atoms with Gasteiger partial charge in [0.2, 0.25) is 0 Å². The molecule has 6 atom stereocenters. The van der Waals surface area contributed by atoms with Crippen molar-refractivity contribution in [1.29, 1.82) is 0 Å². The van der Waals surface area contributed by atoms with Crippen molar-refractivity contribution in [3.8, 4) is 0 Å². The molecule has 6 N–H and O–H groups in total. The number of anilines is 1. The lowest BCUT2D eigenvalue weighted by Gasteiger charge is -2.18. The monoisotopic (exact) mass is 369 g/mol. The molecule has 0 aliphatic carbocycles. The highest BCUT2D eigenvalue weighted by molar-refractivity contribution is 5.86. The van der Waals surface area contributed by atoms with Gasteiger partial charge in [-0.05, 0) is 6.92 Å². The fourth-order valence-electron chi connectivity index (χ4n) is 2.79. The van der Waals surface area contributed by atoms with Crippen LogP contribution in [0.5, 0.6) is 0 Å². The van der Waals surface area contributed by atoms with Crippen LogP contribution in [-0.2, 0) is 9.53 Å². The fourth-order valence-corrected chi connectivity index (χ4v) is 2.79. The van der Waals surface area contributed by atoms with Gasteiger partial charge >= 0.3 is 5.97 Å². The van der Waals surface area contributed by atoms with Crippen molar-refractivity contribution >= 4 is 23.0 Å². The van der Waals surface area contributed by atoms with E-state index in [0.29, 0.717) is 0 Å². The van der Waals surface area contributed by atoms with Crippen molar-refractivity contribution in [1.82, 2.24) is 19.5 Å². The van der Waals surface area contributed by atoms with Crippen LogP contribution in [0.25, 0.3) is 11.2 Å². The molecule has 26 heavy (non-hydrogen) atoms. The van der Waals surface area contributed by atoms with Crippen molar-refractivity contribution in [3.63, 3.8) is 0 Å². The zero-order chi connectivity index (χ0) is 19.0. The Kier molecular flexibility index (Phi) is 5.02. The Balaban J connectivity index is 1.96. The van der Waals surface area contributed by atoms with Crippen LogP contribution in [0.1, 0.15) is 13.2 Å². The number of aliphatic hydroxyl groups is 4. The molecule has 1 aliphatic rings. The summed E-state index contributed by atoms with van der Waals surface area (Å²) in [6.45, 7) is 0.847. The topological polar surface area (TPSA) is 183 Å². The lowest BCUT2D eigenvalue weighted by molar-refractivity contribution is -0.140. The summed E-state index contributed by atoms with van der Waals surface area (Å²) in [4.78, 5) is 23.4. The molecule has 0 aromatic carbocycles. The summed E-state index contributed by atoms with van der Waals surface area (Å²) in [7, 11) is 0. The highest BCUT2D eigenvalue weighted by Crippen LogP contribution is 2.32. The largest absolute Gasteiger partial charge is 0.480 e. The molecule has 0 radical (unpaired) electrons. The van der Waals surface area contributed by atoms with Crippen LogP contribution in [0.3, 0.4) is 0 Å². The maximum atomic E-state index is 11.2. The third-order valence-electron chi connectivity index (χ3n) is 4.19. The van der Waals surface area contributed by atoms with Gasteiger partial charge in [0.05, 0.1) is 19.0 Å². The summed E-state index contributed by atoms with van der Waals surface area (Å²) < 4.78 is 6.79. The van der Waals surface area contributed by atoms with Gasteiger partial charge in [-0.25, -0.2) is 19.7 Å². The van der Waals surface area contributed by atoms with E-state index in [1.165, 1.54) is 17.8 Å². The zero-order valence-corrected chi connectivity index (χ0v) is 13.7. The molecule has 1 saturated heterocycles. The number of hydrogen-bond donors (Lipinski definition) is 6. The Morgan fingerprint density at radius 3 is 2.65 bits per heavy atom. The number of ether oxygens (including phenoxy) is 1. The van der Waals surface area contributed by atoms with Crippen LogP contribution in [0.4, 0.5) is 5.82 Å². The van der Waals surface area contributed by atoms with E-state index in [4.69, 9.17) is 4.74 Å². The Hall–Kier alpha value is -2.38. The zero-order valence-electron chi connectivity index (χ0n) is 13.7. The molecule has 5 unspecified atom stereocenters. The van der Waals surface area contributed by atoms with Crippen molar-refractivity contribution in [2.24, 2.45) is 0 Å². The second kappa shape index (κ2) is 7.09. The van der Waals surface area contributed by atoms with Gasteiger partial charge in [-0.2, -0.15) is 0 Å². The first-order valence-corrected chi connectivity index (χ1v) is 7.82. The number of nitrogens with zero attached hydrogens (tertiary/aromatic N) is 4. The molecule has 1 fully saturated rings. The van der Waals surface area contributed by atoms with Crippen molar-refractivity contribution in [2.75, 3.05) is 11.9 Å². The summed E-state index contributed by atoms with van der Waals surface area (Å²) in [5, 5.41) is 50.6. The van der Waals surface area contributed by atoms with Crippen molar-refractivity contribution < 1.29 is 35.1 Å². The number of carbonyl (C=O) groups is 1. The number of fused-ring (bicyclic) bond motifs is 1. The molecule has 12 heteroatoms. The first-order valence-electron chi connectivity index (χ1n) is 7.82. The van der Waals surface area contributed by atoms with Crippen LogP contribution in [-0.4, -0.2) is 88.1 Å². The third kappa shape index (κ3) is 3.08. The highest BCUT2D eigenvalue weighted by atomic mass is 16.6. The number of rotatable bonds is 6. The number of hydrogen-bond acceptors (Lipinski definition) is 10. The minimum absolute atomic E-state index is 0.0776. The lowest BCUT2D eigenvalue weighted by atomic mass is 10.1. The van der Waals surface area contributed by atoms with Crippen LogP contribution in [0.15, 0.2) is 12.7 Å². The molecule has 12 nitrogen and oxygen atoms in total. The average molecular weight is 369 g/mol. The molecule has 0 spiro atoms. The van der Waals surface area contributed by atoms with Gasteiger partial charge in [-0.15, -0.1) is 0 Å². The molecule has 142 valence electrons. The Labute approximate surface area is 146 Å². The summed E-state index contributed by atoms with van der Waals surface area (Å²) in [5.74, 6) is -1.19. The SMILES string of the molecule is CC(O)[C@@H](Nc1ncnc2c1ncn2C1OC(CO)C(O)C1O)C(=O)O. The van der Waals surface area contributed by atoms with Gasteiger partial charge < -0.3 is 35.6 Å². The maximum absolute atomic E-state index is 11.2. The molecule has 3 heterocycles. The Morgan fingerprint density at radius 1 is 1.35 bits per heavy atom. The van der Waals surface area contributed by atoms with Gasteiger partial charge in [0.1, 0.15) is 24.6 Å². The maximum Gasteiger partial charge on any atom is 0.328 e. The van der Waals surface area contributed by atoms with Crippen LogP contribution in [0.2, 0.25) is 0 Å². The molecule has 0 amide bonds. The van der Waals surface area contributed by atoms with Gasteiger partial charge in [-0.1, -0.05) is 0 Å². The van der Waals surface area contributed by atoms with E-state index in [1.807, 2.05) is 0 Å². The minimum Gasteiger partial charge on any atom is -0.480 e. The molecular formula is C14H19N5O7. The first kappa shape index (κ1) is 18.4. The number of carboxylic acid groups (broad SMARTS) is 1. The van der Waals surface area contributed by atoms with E-state index < -0.39 is 49.3 Å². The Bertz CT molecular complexity index is 797. The predicted octanol–water partition coefficient (Wildman–Crippen LogP) is -2.32. The third-order valence-corrected chi connectivity index (χ3v) is 4.19. The predicted molar refractivity (Wildman–Crippen MR) is 85.1 cm³/mol. The van der Waals surface area contributed by atoms with Crippen molar-refractivity contribution in [3.05, 3.63) is 12.7 Å². The van der Waals surface area contributed by atoms with Gasteiger partial charge in [0, 0.05) is 0 Å². The van der Waals surface area contributed by atoms with E-state index >= 15 is 0 Å². The number of aliphatic hydroxyl groups excluding tert-OH is 4. The summed E-state index contributed by atoms with van der Waals surface area (Å²) >= 11 is 0. The van der Waals surface area contributed by atoms with E-state index in [-0.39, 0.29) is 17.0 Å². The molecule has 0 bridgehead atoms. The minimum atomic E-state index is -1.32. The van der Waals surface area contributed by atoms with Gasteiger partial charge in [0.15, 0.2) is 29.3 Å². The average Bonchev–Trinajstić information content (AvgIpc) is 3.14. The number of carboxylic acids is 1. The second-order valence-electron chi connectivity index (χ2n) is 5.98. The summed E-state index contributed by atoms with van der Waals surface area (Å²) in [5.41, 5.74) is 0.407. The second-order valence-corrected chi connectivity index (χ2v) is 5.98. The highest BCUT2D eigenvalue weighted by Gasteiger charge is 2.44. The number of aromatic nitrogens is 4. The van der Waals surface area contributed by atoms with Gasteiger partial charge in [0.25, 0.3) is 0 Å². The number of nitrogens with one attached hydrogen (secondary N) is 1. The lowest BCUT2D eigenvalue weighted by Crippen LogP contribution is -2.39. The van der Waals surface area contributed by atoms with Crippen LogP contribution < -0.4 is 5.32 Å². The quantitative estimate of drug-likeness (QED) is 0.321. The normalized spacial score (nSPS) is 28.2. The summed E-state index contributed by atoms with van der Waals surface area (Å²) in [6.07, 6.45) is -3.34. The molecule has 3 rings (SSSR count). The fraction of sp³-hybridized carbons (Fsp3) is 0.571. The smallest absolute Gasteiger partial charge is 0.328 e. The number of imidazole rings is 1. The van der Waals surface area contributed by atoms with Crippen molar-refractivity contribution in [2.45, 2.75) is 43.6 Å². The molecule has 1 aliphatic heterocycles.